The molecule has 0 aliphatic rings. The number of hydrogen-bond acceptors (Lipinski definition) is 3. The van der Waals surface area contributed by atoms with E-state index in [-0.39, 0.29) is 11.5 Å². The minimum Gasteiger partial charge on any atom is -0.508 e. The smallest absolute Gasteiger partial charge is 0.193 e. The first-order valence-corrected chi connectivity index (χ1v) is 13.5. The Kier molecular flexibility index (Phi) is 7.17. The Hall–Kier alpha value is -5.41. The molecule has 3 nitrogen and oxygen atoms in total. The number of carbonyl (C=O) groups excluding carboxylic acids is 1. The Bertz CT molecular complexity index is 1690. The lowest BCUT2D eigenvalue weighted by Crippen LogP contribution is -2.30. The zero-order valence-electron chi connectivity index (χ0n) is 22.4. The number of phenols is 1. The van der Waals surface area contributed by atoms with Crippen molar-refractivity contribution in [1.82, 2.24) is 0 Å². The third kappa shape index (κ3) is 5.13. The number of ether oxygens (including phenoxy) is 1. The van der Waals surface area contributed by atoms with E-state index < -0.39 is 5.41 Å². The van der Waals surface area contributed by atoms with E-state index in [9.17, 15) is 9.90 Å². The van der Waals surface area contributed by atoms with Crippen LogP contribution in [0, 0.1) is 0 Å². The first-order valence-electron chi connectivity index (χ1n) is 13.5. The monoisotopic (exact) mass is 532 g/mol. The van der Waals surface area contributed by atoms with Crippen molar-refractivity contribution in [3.05, 3.63) is 197 Å². The maximum absolute atomic E-state index is 12.8. The predicted octanol–water partition coefficient (Wildman–Crippen LogP) is 8.80. The van der Waals surface area contributed by atoms with Crippen LogP contribution < -0.4 is 4.74 Å². The molecule has 0 unspecified atom stereocenters. The van der Waals surface area contributed by atoms with Crippen molar-refractivity contribution >= 4 is 5.78 Å². The number of benzene rings is 6. The van der Waals surface area contributed by atoms with Gasteiger partial charge in [0.25, 0.3) is 0 Å². The highest BCUT2D eigenvalue weighted by molar-refractivity contribution is 6.09. The summed E-state index contributed by atoms with van der Waals surface area (Å²) >= 11 is 0. The molecule has 0 bridgehead atoms. The Morgan fingerprint density at radius 3 is 1.29 bits per heavy atom. The molecule has 6 aromatic carbocycles. The van der Waals surface area contributed by atoms with Crippen LogP contribution in [0.4, 0.5) is 0 Å². The standard InChI is InChI=1S/C38H28O3/c39-34-22-18-32(19-23-34)38(30-12-6-2-7-13-30,31-14-8-3-9-15-31)33-20-26-36(27-21-33)41-35-24-16-29(17-25-35)37(40)28-10-4-1-5-11-28/h1-27,39H. The van der Waals surface area contributed by atoms with Crippen LogP contribution in [0.25, 0.3) is 0 Å². The van der Waals surface area contributed by atoms with Gasteiger partial charge in [0.2, 0.25) is 0 Å². The Labute approximate surface area is 240 Å². The molecule has 0 spiro atoms. The lowest BCUT2D eigenvalue weighted by Gasteiger charge is -2.37. The Morgan fingerprint density at radius 2 is 0.805 bits per heavy atom. The van der Waals surface area contributed by atoms with Crippen LogP contribution in [-0.4, -0.2) is 10.9 Å². The zero-order valence-corrected chi connectivity index (χ0v) is 22.4. The molecule has 0 radical (unpaired) electrons. The predicted molar refractivity (Wildman–Crippen MR) is 163 cm³/mol. The van der Waals surface area contributed by atoms with Gasteiger partial charge in [0, 0.05) is 11.1 Å². The van der Waals surface area contributed by atoms with Crippen molar-refractivity contribution in [2.24, 2.45) is 0 Å². The van der Waals surface area contributed by atoms with Crippen LogP contribution in [0.1, 0.15) is 38.2 Å². The average molecular weight is 533 g/mol. The van der Waals surface area contributed by atoms with Gasteiger partial charge in [-0.05, 0) is 70.8 Å². The van der Waals surface area contributed by atoms with E-state index in [0.717, 1.165) is 22.3 Å². The van der Waals surface area contributed by atoms with Crippen molar-refractivity contribution in [1.29, 1.82) is 0 Å². The summed E-state index contributed by atoms with van der Waals surface area (Å²) in [5.74, 6) is 1.55. The van der Waals surface area contributed by atoms with Gasteiger partial charge in [0.05, 0.1) is 5.41 Å². The molecule has 0 amide bonds. The van der Waals surface area contributed by atoms with E-state index in [4.69, 9.17) is 4.74 Å². The fourth-order valence-corrected chi connectivity index (χ4v) is 5.43. The molecular formula is C38H28O3. The first-order chi connectivity index (χ1) is 20.1. The quantitative estimate of drug-likeness (QED) is 0.157. The zero-order chi connectivity index (χ0) is 28.1. The van der Waals surface area contributed by atoms with Crippen LogP contribution in [0.5, 0.6) is 17.2 Å². The van der Waals surface area contributed by atoms with Gasteiger partial charge < -0.3 is 9.84 Å². The fraction of sp³-hybridized carbons (Fsp3) is 0.0263. The highest BCUT2D eigenvalue weighted by Gasteiger charge is 2.38. The second-order valence-corrected chi connectivity index (χ2v) is 9.87. The molecule has 41 heavy (non-hydrogen) atoms. The summed E-state index contributed by atoms with van der Waals surface area (Å²) in [6.45, 7) is 0. The second-order valence-electron chi connectivity index (χ2n) is 9.87. The molecular weight excluding hydrogens is 504 g/mol. The molecule has 0 atom stereocenters. The molecule has 1 N–H and O–H groups in total. The molecule has 198 valence electrons. The topological polar surface area (TPSA) is 46.5 Å². The number of ketones is 1. The van der Waals surface area contributed by atoms with Gasteiger partial charge in [-0.25, -0.2) is 0 Å². The third-order valence-corrected chi connectivity index (χ3v) is 7.39. The van der Waals surface area contributed by atoms with Gasteiger partial charge in [-0.3, -0.25) is 4.79 Å². The molecule has 0 fully saturated rings. The van der Waals surface area contributed by atoms with Gasteiger partial charge >= 0.3 is 0 Å². The third-order valence-electron chi connectivity index (χ3n) is 7.39. The summed E-state index contributed by atoms with van der Waals surface area (Å²) in [6.07, 6.45) is 0. The van der Waals surface area contributed by atoms with Gasteiger partial charge in [-0.15, -0.1) is 0 Å². The SMILES string of the molecule is O=C(c1ccccc1)c1ccc(Oc2ccc(C(c3ccccc3)(c3ccccc3)c3ccc(O)cc3)cc2)cc1. The van der Waals surface area contributed by atoms with Crippen LogP contribution >= 0.6 is 0 Å². The number of aromatic hydroxyl groups is 1. The number of rotatable bonds is 8. The maximum atomic E-state index is 12.8. The Morgan fingerprint density at radius 1 is 0.439 bits per heavy atom. The number of phenolic OH excluding ortho intramolecular Hbond substituents is 1. The molecule has 6 aromatic rings. The first kappa shape index (κ1) is 25.8. The van der Waals surface area contributed by atoms with Gasteiger partial charge in [0.15, 0.2) is 5.78 Å². The maximum Gasteiger partial charge on any atom is 0.193 e. The molecule has 6 rings (SSSR count). The fourth-order valence-electron chi connectivity index (χ4n) is 5.43. The number of carbonyl (C=O) groups is 1. The van der Waals surface area contributed by atoms with Crippen LogP contribution in [0.15, 0.2) is 164 Å². The van der Waals surface area contributed by atoms with Gasteiger partial charge in [0.1, 0.15) is 17.2 Å². The molecule has 0 aliphatic heterocycles. The summed E-state index contributed by atoms with van der Waals surface area (Å²) in [5, 5.41) is 10.1. The molecule has 3 heteroatoms. The summed E-state index contributed by atoms with van der Waals surface area (Å²) in [7, 11) is 0. The lowest BCUT2D eigenvalue weighted by atomic mass is 9.65. The number of hydrogen-bond donors (Lipinski definition) is 1. The van der Waals surface area contributed by atoms with Crippen molar-refractivity contribution < 1.29 is 14.6 Å². The minimum absolute atomic E-state index is 0.0195. The Balaban J connectivity index is 1.36. The van der Waals surface area contributed by atoms with Crippen LogP contribution in [-0.2, 0) is 5.41 Å². The van der Waals surface area contributed by atoms with E-state index in [0.29, 0.717) is 22.6 Å². The van der Waals surface area contributed by atoms with Crippen molar-refractivity contribution in [3.8, 4) is 17.2 Å². The normalized spacial score (nSPS) is 11.1. The van der Waals surface area contributed by atoms with Gasteiger partial charge in [-0.1, -0.05) is 115 Å². The van der Waals surface area contributed by atoms with E-state index in [1.807, 2.05) is 78.9 Å². The van der Waals surface area contributed by atoms with Crippen LogP contribution in [0.2, 0.25) is 0 Å². The largest absolute Gasteiger partial charge is 0.508 e. The van der Waals surface area contributed by atoms with Crippen molar-refractivity contribution in [2.45, 2.75) is 5.41 Å². The van der Waals surface area contributed by atoms with Crippen molar-refractivity contribution in [3.63, 3.8) is 0 Å². The molecule has 0 saturated carbocycles. The molecule has 0 aromatic heterocycles. The van der Waals surface area contributed by atoms with Crippen molar-refractivity contribution in [2.75, 3.05) is 0 Å². The lowest BCUT2D eigenvalue weighted by molar-refractivity contribution is 0.103. The summed E-state index contributed by atoms with van der Waals surface area (Å²) in [4.78, 5) is 12.8. The van der Waals surface area contributed by atoms with E-state index in [1.54, 1.807) is 24.3 Å². The van der Waals surface area contributed by atoms with E-state index in [2.05, 4.69) is 60.7 Å². The van der Waals surface area contributed by atoms with Gasteiger partial charge in [-0.2, -0.15) is 0 Å². The summed E-state index contributed by atoms with van der Waals surface area (Å²) in [5.41, 5.74) is 4.99. The molecule has 0 aliphatic carbocycles. The van der Waals surface area contributed by atoms with Crippen LogP contribution in [0.3, 0.4) is 0 Å². The average Bonchev–Trinajstić information content (AvgIpc) is 3.04. The minimum atomic E-state index is -0.617. The van der Waals surface area contributed by atoms with E-state index >= 15 is 0 Å². The summed E-state index contributed by atoms with van der Waals surface area (Å²) in [6, 6.07) is 52.9. The highest BCUT2D eigenvalue weighted by atomic mass is 16.5. The molecule has 0 saturated heterocycles. The summed E-state index contributed by atoms with van der Waals surface area (Å²) < 4.78 is 6.17. The van der Waals surface area contributed by atoms with E-state index in [1.165, 1.54) is 0 Å². The molecule has 0 heterocycles. The highest BCUT2D eigenvalue weighted by Crippen LogP contribution is 2.45. The second kappa shape index (κ2) is 11.4.